The number of hydrogen-bond acceptors (Lipinski definition) is 1. The molecule has 0 aliphatic rings. The predicted molar refractivity (Wildman–Crippen MR) is 73.5 cm³/mol. The molecule has 17 heavy (non-hydrogen) atoms. The first-order valence-electron chi connectivity index (χ1n) is 5.93. The highest BCUT2D eigenvalue weighted by molar-refractivity contribution is 6.01. The second-order valence-electron chi connectivity index (χ2n) is 4.70. The molecule has 0 atom stereocenters. The summed E-state index contributed by atoms with van der Waals surface area (Å²) in [6.07, 6.45) is 0. The molecule has 0 amide bonds. The number of nitrogens with zero attached hydrogens (tertiary/aromatic N) is 1. The average Bonchev–Trinajstić information content (AvgIpc) is 2.31. The molecule has 2 aromatic carbocycles. The van der Waals surface area contributed by atoms with Crippen LogP contribution >= 0.6 is 0 Å². The van der Waals surface area contributed by atoms with Crippen LogP contribution in [-0.2, 0) is 0 Å². The first-order valence-corrected chi connectivity index (χ1v) is 5.93. The Bertz CT molecular complexity index is 726. The van der Waals surface area contributed by atoms with Crippen molar-refractivity contribution in [1.82, 2.24) is 4.98 Å². The third-order valence-corrected chi connectivity index (χ3v) is 3.41. The van der Waals surface area contributed by atoms with E-state index in [4.69, 9.17) is 0 Å². The van der Waals surface area contributed by atoms with Crippen LogP contribution in [0.3, 0.4) is 0 Å². The topological polar surface area (TPSA) is 12.9 Å². The fraction of sp³-hybridized carbons (Fsp3) is 0.188. The molecule has 0 saturated heterocycles. The maximum atomic E-state index is 4.69. The van der Waals surface area contributed by atoms with Crippen LogP contribution < -0.4 is 0 Å². The van der Waals surface area contributed by atoms with Crippen LogP contribution in [0.4, 0.5) is 0 Å². The fourth-order valence-electron chi connectivity index (χ4n) is 2.56. The summed E-state index contributed by atoms with van der Waals surface area (Å²) in [5.74, 6) is 0. The molecule has 0 aliphatic heterocycles. The monoisotopic (exact) mass is 221 g/mol. The zero-order valence-electron chi connectivity index (χ0n) is 10.4. The second kappa shape index (κ2) is 3.56. The van der Waals surface area contributed by atoms with Gasteiger partial charge in [0.1, 0.15) is 0 Å². The van der Waals surface area contributed by atoms with Crippen molar-refractivity contribution < 1.29 is 0 Å². The zero-order valence-corrected chi connectivity index (χ0v) is 10.4. The third kappa shape index (κ3) is 1.50. The number of aromatic nitrogens is 1. The lowest BCUT2D eigenvalue weighted by Crippen LogP contribution is -1.91. The van der Waals surface area contributed by atoms with Gasteiger partial charge in [-0.25, -0.2) is 0 Å². The smallest absolute Gasteiger partial charge is 0.0743 e. The molecule has 1 heterocycles. The molecule has 84 valence electrons. The summed E-state index contributed by atoms with van der Waals surface area (Å²) in [4.78, 5) is 4.69. The van der Waals surface area contributed by atoms with Gasteiger partial charge in [-0.2, -0.15) is 0 Å². The van der Waals surface area contributed by atoms with Crippen molar-refractivity contribution in [2.45, 2.75) is 20.8 Å². The van der Waals surface area contributed by atoms with Crippen LogP contribution in [0.15, 0.2) is 36.4 Å². The standard InChI is InChI=1S/C16H15N/c1-10-8-11(2)17-16-12(3)14-7-5-4-6-13(14)9-15(10)16/h4-9H,1-3H3. The van der Waals surface area contributed by atoms with Crippen molar-refractivity contribution in [3.63, 3.8) is 0 Å². The van der Waals surface area contributed by atoms with Gasteiger partial charge in [-0.05, 0) is 54.8 Å². The molecule has 1 nitrogen and oxygen atoms in total. The van der Waals surface area contributed by atoms with Crippen LogP contribution in [0.1, 0.15) is 16.8 Å². The van der Waals surface area contributed by atoms with E-state index in [1.165, 1.54) is 27.3 Å². The Morgan fingerprint density at radius 1 is 0.882 bits per heavy atom. The number of benzene rings is 2. The number of pyridine rings is 1. The van der Waals surface area contributed by atoms with Gasteiger partial charge in [0.25, 0.3) is 0 Å². The Kier molecular flexibility index (Phi) is 2.15. The molecule has 0 fully saturated rings. The second-order valence-corrected chi connectivity index (χ2v) is 4.70. The number of hydrogen-bond donors (Lipinski definition) is 0. The van der Waals surface area contributed by atoms with E-state index in [-0.39, 0.29) is 0 Å². The molecule has 0 saturated carbocycles. The Morgan fingerprint density at radius 3 is 2.47 bits per heavy atom. The van der Waals surface area contributed by atoms with Crippen molar-refractivity contribution >= 4 is 21.7 Å². The Balaban J connectivity index is 2.59. The minimum absolute atomic E-state index is 1.09. The maximum absolute atomic E-state index is 4.69. The molecule has 1 aromatic heterocycles. The third-order valence-electron chi connectivity index (χ3n) is 3.41. The van der Waals surface area contributed by atoms with Gasteiger partial charge in [0.15, 0.2) is 0 Å². The fourth-order valence-corrected chi connectivity index (χ4v) is 2.56. The molecule has 1 heteroatoms. The Hall–Kier alpha value is -1.89. The highest BCUT2D eigenvalue weighted by Gasteiger charge is 2.07. The summed E-state index contributed by atoms with van der Waals surface area (Å²) in [6, 6.07) is 12.9. The molecule has 0 radical (unpaired) electrons. The molecule has 0 spiro atoms. The van der Waals surface area contributed by atoms with Gasteiger partial charge in [-0.15, -0.1) is 0 Å². The Labute approximate surface area is 101 Å². The molecule has 0 aliphatic carbocycles. The van der Waals surface area contributed by atoms with Gasteiger partial charge in [0.2, 0.25) is 0 Å². The van der Waals surface area contributed by atoms with Crippen molar-refractivity contribution in [2.75, 3.05) is 0 Å². The largest absolute Gasteiger partial charge is 0.253 e. The first kappa shape index (κ1) is 10.3. The number of aryl methyl sites for hydroxylation is 3. The van der Waals surface area contributed by atoms with Crippen molar-refractivity contribution in [2.24, 2.45) is 0 Å². The van der Waals surface area contributed by atoms with E-state index in [1.54, 1.807) is 0 Å². The van der Waals surface area contributed by atoms with E-state index < -0.39 is 0 Å². The van der Waals surface area contributed by atoms with Gasteiger partial charge in [0.05, 0.1) is 5.52 Å². The number of rotatable bonds is 0. The van der Waals surface area contributed by atoms with E-state index in [9.17, 15) is 0 Å². The van der Waals surface area contributed by atoms with Crippen LogP contribution in [-0.4, -0.2) is 4.98 Å². The summed E-state index contributed by atoms with van der Waals surface area (Å²) in [6.45, 7) is 6.38. The van der Waals surface area contributed by atoms with Crippen molar-refractivity contribution in [3.8, 4) is 0 Å². The zero-order chi connectivity index (χ0) is 12.0. The maximum Gasteiger partial charge on any atom is 0.0743 e. The van der Waals surface area contributed by atoms with Crippen LogP contribution in [0, 0.1) is 20.8 Å². The van der Waals surface area contributed by atoms with Crippen LogP contribution in [0.5, 0.6) is 0 Å². The lowest BCUT2D eigenvalue weighted by Gasteiger charge is -2.09. The van der Waals surface area contributed by atoms with E-state index in [0.717, 1.165) is 11.2 Å². The minimum atomic E-state index is 1.09. The predicted octanol–water partition coefficient (Wildman–Crippen LogP) is 4.31. The molecule has 3 rings (SSSR count). The normalized spacial score (nSPS) is 11.2. The van der Waals surface area contributed by atoms with E-state index in [1.807, 2.05) is 0 Å². The van der Waals surface area contributed by atoms with Gasteiger partial charge in [-0.1, -0.05) is 24.3 Å². The first-order chi connectivity index (χ1) is 8.16. The van der Waals surface area contributed by atoms with E-state index in [0.29, 0.717) is 0 Å². The van der Waals surface area contributed by atoms with Gasteiger partial charge < -0.3 is 0 Å². The molecule has 0 N–H and O–H groups in total. The summed E-state index contributed by atoms with van der Waals surface area (Å²) < 4.78 is 0. The molecule has 0 unspecified atom stereocenters. The molecule has 3 aromatic rings. The van der Waals surface area contributed by atoms with Gasteiger partial charge in [0, 0.05) is 11.1 Å². The SMILES string of the molecule is Cc1cc(C)c2cc3ccccc3c(C)c2n1. The lowest BCUT2D eigenvalue weighted by atomic mass is 9.98. The van der Waals surface area contributed by atoms with Crippen molar-refractivity contribution in [3.05, 3.63) is 53.2 Å². The summed E-state index contributed by atoms with van der Waals surface area (Å²) in [5, 5.41) is 3.87. The van der Waals surface area contributed by atoms with Crippen LogP contribution in [0.2, 0.25) is 0 Å². The van der Waals surface area contributed by atoms with Crippen LogP contribution in [0.25, 0.3) is 21.7 Å². The highest BCUT2D eigenvalue weighted by atomic mass is 14.7. The van der Waals surface area contributed by atoms with Crippen molar-refractivity contribution in [1.29, 1.82) is 0 Å². The van der Waals surface area contributed by atoms with Gasteiger partial charge in [-0.3, -0.25) is 4.98 Å². The minimum Gasteiger partial charge on any atom is -0.253 e. The van der Waals surface area contributed by atoms with E-state index >= 15 is 0 Å². The molecule has 0 bridgehead atoms. The average molecular weight is 221 g/mol. The quantitative estimate of drug-likeness (QED) is 0.515. The summed E-state index contributed by atoms with van der Waals surface area (Å²) >= 11 is 0. The molecular formula is C16H15N. The Morgan fingerprint density at radius 2 is 1.65 bits per heavy atom. The summed E-state index contributed by atoms with van der Waals surface area (Å²) in [7, 11) is 0. The molecular weight excluding hydrogens is 206 g/mol. The van der Waals surface area contributed by atoms with Gasteiger partial charge >= 0.3 is 0 Å². The summed E-state index contributed by atoms with van der Waals surface area (Å²) in [5.41, 5.74) is 4.82. The number of fused-ring (bicyclic) bond motifs is 2. The van der Waals surface area contributed by atoms with E-state index in [2.05, 4.69) is 62.2 Å². The highest BCUT2D eigenvalue weighted by Crippen LogP contribution is 2.28. The lowest BCUT2D eigenvalue weighted by molar-refractivity contribution is 1.23.